The Labute approximate surface area is 219 Å². The van der Waals surface area contributed by atoms with Crippen molar-refractivity contribution in [1.82, 2.24) is 0 Å². The number of sulfonamides is 1. The molecule has 1 amide bonds. The van der Waals surface area contributed by atoms with Crippen LogP contribution in [0.1, 0.15) is 17.3 Å². The van der Waals surface area contributed by atoms with E-state index in [1.54, 1.807) is 6.92 Å². The van der Waals surface area contributed by atoms with Gasteiger partial charge in [0, 0.05) is 12.1 Å². The van der Waals surface area contributed by atoms with E-state index in [-0.39, 0.29) is 33.3 Å². The third kappa shape index (κ3) is 6.32. The molecule has 12 heteroatoms. The van der Waals surface area contributed by atoms with Gasteiger partial charge in [0.1, 0.15) is 18.1 Å². The van der Waals surface area contributed by atoms with Crippen molar-refractivity contribution in [1.29, 1.82) is 0 Å². The van der Waals surface area contributed by atoms with E-state index < -0.39 is 34.3 Å². The predicted octanol–water partition coefficient (Wildman–Crippen LogP) is 3.86. The van der Waals surface area contributed by atoms with Gasteiger partial charge in [-0.15, -0.1) is 0 Å². The number of anilines is 2. The van der Waals surface area contributed by atoms with Crippen molar-refractivity contribution in [3.05, 3.63) is 72.0 Å². The van der Waals surface area contributed by atoms with Gasteiger partial charge in [-0.05, 0) is 55.5 Å². The van der Waals surface area contributed by atoms with Crippen molar-refractivity contribution < 1.29 is 41.3 Å². The summed E-state index contributed by atoms with van der Waals surface area (Å²) in [5.74, 6) is -1.23. The summed E-state index contributed by atoms with van der Waals surface area (Å²) < 4.78 is 62.2. The molecule has 10 nitrogen and oxygen atoms in total. The normalized spacial score (nSPS) is 10.9. The number of amides is 1. The Bertz CT molecular complexity index is 1390. The SMILES string of the molecule is CCOc1ccc(S(=O)(=O)N(CC(=O)Nc2cc(OC)c(OC)cc2C(=O)OC)c2ccc(F)cc2)cc1. The highest BCUT2D eigenvalue weighted by Gasteiger charge is 2.28. The second kappa shape index (κ2) is 12.3. The third-order valence-corrected chi connectivity index (χ3v) is 7.12. The molecule has 0 fully saturated rings. The van der Waals surface area contributed by atoms with Crippen molar-refractivity contribution >= 4 is 33.3 Å². The first-order valence-electron chi connectivity index (χ1n) is 11.3. The van der Waals surface area contributed by atoms with Gasteiger partial charge in [-0.2, -0.15) is 0 Å². The monoisotopic (exact) mass is 546 g/mol. The molecule has 38 heavy (non-hydrogen) atoms. The Morgan fingerprint density at radius 3 is 2.08 bits per heavy atom. The summed E-state index contributed by atoms with van der Waals surface area (Å²) in [4.78, 5) is 25.4. The molecule has 0 bridgehead atoms. The summed E-state index contributed by atoms with van der Waals surface area (Å²) in [7, 11) is -0.357. The number of rotatable bonds is 11. The molecule has 0 aliphatic heterocycles. The summed E-state index contributed by atoms with van der Waals surface area (Å²) in [5.41, 5.74) is 0.0224. The number of carbonyl (C=O) groups is 2. The first-order chi connectivity index (χ1) is 18.1. The van der Waals surface area contributed by atoms with E-state index in [1.807, 2.05) is 0 Å². The van der Waals surface area contributed by atoms with Crippen LogP contribution >= 0.6 is 0 Å². The molecule has 0 aliphatic rings. The van der Waals surface area contributed by atoms with Gasteiger partial charge in [0.25, 0.3) is 10.0 Å². The first kappa shape index (κ1) is 28.3. The number of halogens is 1. The van der Waals surface area contributed by atoms with E-state index in [0.29, 0.717) is 12.4 Å². The van der Waals surface area contributed by atoms with Gasteiger partial charge in [-0.1, -0.05) is 0 Å². The Morgan fingerprint density at radius 2 is 1.53 bits per heavy atom. The van der Waals surface area contributed by atoms with Crippen LogP contribution in [0.25, 0.3) is 0 Å². The fraction of sp³-hybridized carbons (Fsp3) is 0.231. The van der Waals surface area contributed by atoms with Crippen LogP contribution in [-0.4, -0.2) is 54.8 Å². The first-order valence-corrected chi connectivity index (χ1v) is 12.7. The predicted molar refractivity (Wildman–Crippen MR) is 138 cm³/mol. The third-order valence-electron chi connectivity index (χ3n) is 5.33. The quantitative estimate of drug-likeness (QED) is 0.360. The van der Waals surface area contributed by atoms with Crippen LogP contribution in [0.15, 0.2) is 65.6 Å². The lowest BCUT2D eigenvalue weighted by atomic mass is 10.1. The van der Waals surface area contributed by atoms with Crippen LogP contribution in [0.3, 0.4) is 0 Å². The van der Waals surface area contributed by atoms with Gasteiger partial charge >= 0.3 is 5.97 Å². The van der Waals surface area contributed by atoms with E-state index >= 15 is 0 Å². The largest absolute Gasteiger partial charge is 0.494 e. The fourth-order valence-corrected chi connectivity index (χ4v) is 4.93. The molecule has 0 radical (unpaired) electrons. The fourth-order valence-electron chi connectivity index (χ4n) is 3.51. The van der Waals surface area contributed by atoms with Crippen LogP contribution < -0.4 is 23.8 Å². The van der Waals surface area contributed by atoms with Gasteiger partial charge in [0.05, 0.1) is 49.8 Å². The van der Waals surface area contributed by atoms with E-state index in [1.165, 1.54) is 69.9 Å². The standard InChI is InChI=1S/C26H27FN2O8S/c1-5-37-19-10-12-20(13-11-19)38(32,33)29(18-8-6-17(27)7-9-18)16-25(30)28-22-15-24(35-3)23(34-2)14-21(22)26(31)36-4/h6-15H,5,16H2,1-4H3,(H,28,30). The zero-order chi connectivity index (χ0) is 27.9. The molecule has 3 rings (SSSR count). The molecule has 3 aromatic carbocycles. The molecule has 0 unspecified atom stereocenters. The number of benzene rings is 3. The van der Waals surface area contributed by atoms with Crippen LogP contribution in [0.2, 0.25) is 0 Å². The average molecular weight is 547 g/mol. The molecular formula is C26H27FN2O8S. The summed E-state index contributed by atoms with van der Waals surface area (Å²) in [6, 6.07) is 13.0. The maximum absolute atomic E-state index is 13.6. The number of nitrogens with zero attached hydrogens (tertiary/aromatic N) is 1. The summed E-state index contributed by atoms with van der Waals surface area (Å²) in [5, 5.41) is 2.54. The lowest BCUT2D eigenvalue weighted by Gasteiger charge is -2.24. The second-order valence-corrected chi connectivity index (χ2v) is 9.55. The van der Waals surface area contributed by atoms with Crippen molar-refractivity contribution in [3.8, 4) is 17.2 Å². The summed E-state index contributed by atoms with van der Waals surface area (Å²) in [6.45, 7) is 1.50. The Kier molecular flexibility index (Phi) is 9.13. The van der Waals surface area contributed by atoms with Crippen molar-refractivity contribution in [2.24, 2.45) is 0 Å². The van der Waals surface area contributed by atoms with Crippen molar-refractivity contribution in [3.63, 3.8) is 0 Å². The van der Waals surface area contributed by atoms with E-state index in [2.05, 4.69) is 5.32 Å². The summed E-state index contributed by atoms with van der Waals surface area (Å²) >= 11 is 0. The number of carbonyl (C=O) groups excluding carboxylic acids is 2. The van der Waals surface area contributed by atoms with Crippen LogP contribution in [0.5, 0.6) is 17.2 Å². The zero-order valence-corrected chi connectivity index (χ0v) is 22.0. The van der Waals surface area contributed by atoms with Gasteiger partial charge in [-0.3, -0.25) is 9.10 Å². The molecule has 1 N–H and O–H groups in total. The molecule has 0 heterocycles. The maximum Gasteiger partial charge on any atom is 0.340 e. The minimum Gasteiger partial charge on any atom is -0.494 e. The van der Waals surface area contributed by atoms with Gasteiger partial charge in [0.15, 0.2) is 11.5 Å². The molecule has 0 atom stereocenters. The molecule has 202 valence electrons. The number of nitrogens with one attached hydrogen (secondary N) is 1. The topological polar surface area (TPSA) is 120 Å². The Balaban J connectivity index is 1.99. The maximum atomic E-state index is 13.6. The molecule has 0 aliphatic carbocycles. The molecular weight excluding hydrogens is 519 g/mol. The molecule has 0 spiro atoms. The minimum atomic E-state index is -4.28. The Hall–Kier alpha value is -4.32. The molecule has 0 aromatic heterocycles. The van der Waals surface area contributed by atoms with Crippen LogP contribution in [0, 0.1) is 5.82 Å². The Morgan fingerprint density at radius 1 is 0.921 bits per heavy atom. The van der Waals surface area contributed by atoms with E-state index in [0.717, 1.165) is 16.4 Å². The highest BCUT2D eigenvalue weighted by molar-refractivity contribution is 7.92. The van der Waals surface area contributed by atoms with E-state index in [9.17, 15) is 22.4 Å². The smallest absolute Gasteiger partial charge is 0.340 e. The highest BCUT2D eigenvalue weighted by atomic mass is 32.2. The van der Waals surface area contributed by atoms with Gasteiger partial charge < -0.3 is 24.3 Å². The average Bonchev–Trinajstić information content (AvgIpc) is 2.92. The minimum absolute atomic E-state index is 0.0111. The lowest BCUT2D eigenvalue weighted by molar-refractivity contribution is -0.114. The lowest BCUT2D eigenvalue weighted by Crippen LogP contribution is -2.38. The number of ether oxygens (including phenoxy) is 4. The van der Waals surface area contributed by atoms with E-state index in [4.69, 9.17) is 18.9 Å². The summed E-state index contributed by atoms with van der Waals surface area (Å²) in [6.07, 6.45) is 0. The van der Waals surface area contributed by atoms with Crippen molar-refractivity contribution in [2.45, 2.75) is 11.8 Å². The molecule has 0 saturated carbocycles. The van der Waals surface area contributed by atoms with Gasteiger partial charge in [-0.25, -0.2) is 17.6 Å². The number of hydrogen-bond donors (Lipinski definition) is 1. The number of methoxy groups -OCH3 is 3. The molecule has 0 saturated heterocycles. The zero-order valence-electron chi connectivity index (χ0n) is 21.2. The van der Waals surface area contributed by atoms with Crippen LogP contribution in [-0.2, 0) is 19.6 Å². The molecule has 3 aromatic rings. The highest BCUT2D eigenvalue weighted by Crippen LogP contribution is 2.34. The van der Waals surface area contributed by atoms with Gasteiger partial charge in [0.2, 0.25) is 5.91 Å². The number of hydrogen-bond acceptors (Lipinski definition) is 8. The van der Waals surface area contributed by atoms with Crippen molar-refractivity contribution in [2.75, 3.05) is 44.1 Å². The number of esters is 1. The van der Waals surface area contributed by atoms with Crippen LogP contribution in [0.4, 0.5) is 15.8 Å². The second-order valence-electron chi connectivity index (χ2n) is 7.69.